The fraction of sp³-hybridized carbons (Fsp3) is 0.250. The van der Waals surface area contributed by atoms with Crippen molar-refractivity contribution in [1.29, 1.82) is 0 Å². The molecule has 0 amide bonds. The van der Waals surface area contributed by atoms with Crippen molar-refractivity contribution < 1.29 is 19.8 Å². The predicted octanol–water partition coefficient (Wildman–Crippen LogP) is -1.76. The average molecular weight is 198 g/mol. The Bertz CT molecular complexity index is 172. The van der Waals surface area contributed by atoms with Gasteiger partial charge in [0.15, 0.2) is 0 Å². The topological polar surface area (TPSA) is 80.3 Å². The van der Waals surface area contributed by atoms with Gasteiger partial charge in [0.2, 0.25) is 0 Å². The SMILES string of the molecule is C=C(C)C(=O)[O-].C=C(C)C(=O)[O-].[Si+2]. The molecule has 0 aliphatic heterocycles. The molecule has 0 heterocycles. The highest BCUT2D eigenvalue weighted by Crippen LogP contribution is 1.77. The van der Waals surface area contributed by atoms with E-state index < -0.39 is 11.9 Å². The van der Waals surface area contributed by atoms with E-state index in [4.69, 9.17) is 0 Å². The maximum absolute atomic E-state index is 9.49. The Morgan fingerprint density at radius 2 is 1.00 bits per heavy atom. The van der Waals surface area contributed by atoms with Gasteiger partial charge in [-0.25, -0.2) is 0 Å². The van der Waals surface area contributed by atoms with E-state index in [0.717, 1.165) is 0 Å². The molecule has 13 heavy (non-hydrogen) atoms. The van der Waals surface area contributed by atoms with Crippen LogP contribution in [0.5, 0.6) is 0 Å². The molecule has 0 aromatic heterocycles. The van der Waals surface area contributed by atoms with Crippen LogP contribution in [0.1, 0.15) is 13.8 Å². The van der Waals surface area contributed by atoms with E-state index in [1.807, 2.05) is 0 Å². The molecule has 2 radical (unpaired) electrons. The van der Waals surface area contributed by atoms with Crippen LogP contribution in [0.3, 0.4) is 0 Å². The van der Waals surface area contributed by atoms with Crippen LogP contribution in [-0.2, 0) is 9.59 Å². The number of carbonyl (C=O) groups excluding carboxylic acids is 2. The lowest BCUT2D eigenvalue weighted by molar-refractivity contribution is -0.300. The van der Waals surface area contributed by atoms with E-state index in [0.29, 0.717) is 0 Å². The van der Waals surface area contributed by atoms with Crippen LogP contribution in [-0.4, -0.2) is 22.9 Å². The summed E-state index contributed by atoms with van der Waals surface area (Å²) in [4.78, 5) is 19.0. The lowest BCUT2D eigenvalue weighted by atomic mass is 10.4. The molecule has 0 fully saturated rings. The molecule has 0 bridgehead atoms. The molecular weight excluding hydrogens is 188 g/mol. The fourth-order valence-corrected chi connectivity index (χ4v) is 0. The van der Waals surface area contributed by atoms with Crippen LogP contribution in [0.15, 0.2) is 24.3 Å². The second-order valence-corrected chi connectivity index (χ2v) is 2.14. The third-order valence-electron chi connectivity index (χ3n) is 0.697. The van der Waals surface area contributed by atoms with E-state index in [9.17, 15) is 19.8 Å². The number of rotatable bonds is 2. The van der Waals surface area contributed by atoms with Crippen LogP contribution in [0.25, 0.3) is 0 Å². The molecule has 70 valence electrons. The molecule has 0 saturated heterocycles. The number of hydrogen-bond acceptors (Lipinski definition) is 4. The van der Waals surface area contributed by atoms with Crippen molar-refractivity contribution in [2.24, 2.45) is 0 Å². The van der Waals surface area contributed by atoms with Crippen molar-refractivity contribution in [2.45, 2.75) is 13.8 Å². The van der Waals surface area contributed by atoms with Crippen molar-refractivity contribution in [2.75, 3.05) is 0 Å². The third-order valence-corrected chi connectivity index (χ3v) is 0.697. The summed E-state index contributed by atoms with van der Waals surface area (Å²) in [6.07, 6.45) is 0. The second kappa shape index (κ2) is 8.73. The molecule has 5 heteroatoms. The van der Waals surface area contributed by atoms with Crippen molar-refractivity contribution in [3.05, 3.63) is 24.3 Å². The minimum Gasteiger partial charge on any atom is -0.545 e. The van der Waals surface area contributed by atoms with Gasteiger partial charge in [-0.3, -0.25) is 0 Å². The number of carboxylic acid groups (broad SMARTS) is 2. The molecule has 0 rings (SSSR count). The molecule has 0 spiro atoms. The van der Waals surface area contributed by atoms with Gasteiger partial charge in [0.25, 0.3) is 0 Å². The second-order valence-electron chi connectivity index (χ2n) is 2.14. The molecule has 0 N–H and O–H groups in total. The predicted molar refractivity (Wildman–Crippen MR) is 45.4 cm³/mol. The Hall–Kier alpha value is -1.36. The highest BCUT2D eigenvalue weighted by Gasteiger charge is 2.00. The average Bonchev–Trinajstić information content (AvgIpc) is 1.88. The summed E-state index contributed by atoms with van der Waals surface area (Å²) in [6.45, 7) is 8.95. The van der Waals surface area contributed by atoms with Gasteiger partial charge in [0, 0.05) is 0 Å². The van der Waals surface area contributed by atoms with Crippen LogP contribution in [0.4, 0.5) is 0 Å². The number of carbonyl (C=O) groups is 2. The van der Waals surface area contributed by atoms with Crippen LogP contribution < -0.4 is 10.2 Å². The van der Waals surface area contributed by atoms with E-state index in [1.165, 1.54) is 13.8 Å². The lowest BCUT2D eigenvalue weighted by Gasteiger charge is -1.93. The van der Waals surface area contributed by atoms with E-state index in [-0.39, 0.29) is 22.1 Å². The van der Waals surface area contributed by atoms with E-state index >= 15 is 0 Å². The standard InChI is InChI=1S/2C4H6O2.Si/c2*1-3(2)4(5)6;/h2*1H2,2H3,(H,5,6);/q;;+2/p-2. The summed E-state index contributed by atoms with van der Waals surface area (Å²) >= 11 is 0. The zero-order valence-electron chi connectivity index (χ0n) is 7.55. The first-order valence-electron chi connectivity index (χ1n) is 3.02. The Balaban J connectivity index is -0.000000143. The molecule has 0 aromatic carbocycles. The molecule has 0 saturated carbocycles. The van der Waals surface area contributed by atoms with Crippen molar-refractivity contribution in [3.8, 4) is 0 Å². The van der Waals surface area contributed by atoms with Crippen molar-refractivity contribution >= 4 is 22.9 Å². The molecule has 0 unspecified atom stereocenters. The first-order valence-corrected chi connectivity index (χ1v) is 3.02. The largest absolute Gasteiger partial charge is 2.00 e. The van der Waals surface area contributed by atoms with Gasteiger partial charge in [0.05, 0.1) is 11.9 Å². The molecule has 4 nitrogen and oxygen atoms in total. The molecule has 0 atom stereocenters. The first-order chi connectivity index (χ1) is 5.29. The quantitative estimate of drug-likeness (QED) is 0.389. The summed E-state index contributed by atoms with van der Waals surface area (Å²) in [7, 11) is 0. The van der Waals surface area contributed by atoms with Crippen LogP contribution >= 0.6 is 0 Å². The summed E-state index contributed by atoms with van der Waals surface area (Å²) in [5.74, 6) is -2.37. The Kier molecular flexibility index (Phi) is 11.9. The van der Waals surface area contributed by atoms with Gasteiger partial charge in [-0.15, -0.1) is 0 Å². The maximum atomic E-state index is 9.49. The zero-order valence-corrected chi connectivity index (χ0v) is 8.55. The van der Waals surface area contributed by atoms with E-state index in [1.54, 1.807) is 0 Å². The van der Waals surface area contributed by atoms with Gasteiger partial charge >= 0.3 is 11.0 Å². The van der Waals surface area contributed by atoms with Crippen molar-refractivity contribution in [3.63, 3.8) is 0 Å². The van der Waals surface area contributed by atoms with Crippen LogP contribution in [0.2, 0.25) is 0 Å². The monoisotopic (exact) mass is 198 g/mol. The summed E-state index contributed by atoms with van der Waals surface area (Å²) in [6, 6.07) is 0. The molecule has 0 aromatic rings. The number of carboxylic acids is 2. The highest BCUT2D eigenvalue weighted by atomic mass is 28.1. The molecule has 0 aliphatic rings. The van der Waals surface area contributed by atoms with Gasteiger partial charge in [-0.1, -0.05) is 13.2 Å². The smallest absolute Gasteiger partial charge is 0.545 e. The van der Waals surface area contributed by atoms with Gasteiger partial charge in [0.1, 0.15) is 0 Å². The Labute approximate surface area is 81.6 Å². The normalized spacial score (nSPS) is 6.92. The summed E-state index contributed by atoms with van der Waals surface area (Å²) in [5.41, 5.74) is 0.130. The molecule has 0 aliphatic carbocycles. The van der Waals surface area contributed by atoms with Crippen LogP contribution in [0, 0.1) is 0 Å². The minimum atomic E-state index is -1.19. The Morgan fingerprint density at radius 3 is 1.00 bits per heavy atom. The summed E-state index contributed by atoms with van der Waals surface area (Å²) in [5, 5.41) is 19.0. The van der Waals surface area contributed by atoms with E-state index in [2.05, 4.69) is 13.2 Å². The first kappa shape index (κ1) is 17.7. The van der Waals surface area contributed by atoms with Gasteiger partial charge in [-0.05, 0) is 25.0 Å². The van der Waals surface area contributed by atoms with Gasteiger partial charge in [-0.2, -0.15) is 0 Å². The van der Waals surface area contributed by atoms with Gasteiger partial charge < -0.3 is 19.8 Å². The highest BCUT2D eigenvalue weighted by molar-refractivity contribution is 5.83. The Morgan fingerprint density at radius 1 is 0.923 bits per heavy atom. The lowest BCUT2D eigenvalue weighted by Crippen LogP contribution is -2.22. The minimum absolute atomic E-state index is 0. The number of aliphatic carboxylic acids is 2. The third kappa shape index (κ3) is 18.0. The zero-order chi connectivity index (χ0) is 10.3. The summed E-state index contributed by atoms with van der Waals surface area (Å²) < 4.78 is 0. The fourth-order valence-electron chi connectivity index (χ4n) is 0. The number of hydrogen-bond donors (Lipinski definition) is 0. The van der Waals surface area contributed by atoms with Crippen molar-refractivity contribution in [1.82, 2.24) is 0 Å². The maximum Gasteiger partial charge on any atom is 2.00 e. The molecular formula is C8H10O4Si.